The summed E-state index contributed by atoms with van der Waals surface area (Å²) in [4.78, 5) is 0. The van der Waals surface area contributed by atoms with Crippen molar-refractivity contribution in [2.24, 2.45) is 0 Å². The highest BCUT2D eigenvalue weighted by Gasteiger charge is 2.20. The smallest absolute Gasteiger partial charge is 0.239 e. The van der Waals surface area contributed by atoms with Crippen molar-refractivity contribution >= 4 is 13.4 Å². The summed E-state index contributed by atoms with van der Waals surface area (Å²) in [7, 11) is -1.60. The van der Waals surface area contributed by atoms with Crippen LogP contribution in [0.5, 0.6) is 11.5 Å². The van der Waals surface area contributed by atoms with E-state index in [4.69, 9.17) is 14.5 Å². The van der Waals surface area contributed by atoms with E-state index < -0.39 is 7.37 Å². The van der Waals surface area contributed by atoms with E-state index in [9.17, 15) is 9.67 Å². The van der Waals surface area contributed by atoms with Gasteiger partial charge in [-0.15, -0.1) is 0 Å². The Balaban J connectivity index is 2.97. The van der Waals surface area contributed by atoms with Crippen LogP contribution in [0.1, 0.15) is 12.5 Å². The molecule has 0 aromatic heterocycles. The third-order valence-electron chi connectivity index (χ3n) is 2.67. The number of benzene rings is 1. The molecule has 0 aliphatic carbocycles. The average Bonchev–Trinajstić information content (AvgIpc) is 2.44. The third kappa shape index (κ3) is 4.78. The minimum atomic E-state index is -3.06. The zero-order chi connectivity index (χ0) is 15.9. The van der Waals surface area contributed by atoms with Crippen molar-refractivity contribution in [3.8, 4) is 17.6 Å². The van der Waals surface area contributed by atoms with Crippen molar-refractivity contribution in [2.45, 2.75) is 6.92 Å². The van der Waals surface area contributed by atoms with Crippen molar-refractivity contribution in [1.82, 2.24) is 0 Å². The van der Waals surface area contributed by atoms with Gasteiger partial charge in [-0.2, -0.15) is 5.26 Å². The Morgan fingerprint density at radius 3 is 2.81 bits per heavy atom. The van der Waals surface area contributed by atoms with Gasteiger partial charge >= 0.3 is 0 Å². The van der Waals surface area contributed by atoms with Crippen molar-refractivity contribution in [3.05, 3.63) is 41.2 Å². The van der Waals surface area contributed by atoms with E-state index in [1.165, 1.54) is 25.9 Å². The molecule has 0 spiro atoms. The third-order valence-corrected chi connectivity index (χ3v) is 4.55. The summed E-state index contributed by atoms with van der Waals surface area (Å²) < 4.78 is 22.3. The zero-order valence-corrected chi connectivity index (χ0v) is 13.1. The second-order valence-corrected chi connectivity index (χ2v) is 6.65. The first-order valence-electron chi connectivity index (χ1n) is 6.32. The fourth-order valence-electron chi connectivity index (χ4n) is 1.63. The van der Waals surface area contributed by atoms with E-state index in [1.807, 2.05) is 6.07 Å². The van der Waals surface area contributed by atoms with Gasteiger partial charge in [0.05, 0.1) is 13.7 Å². The molecule has 1 rings (SSSR count). The first-order chi connectivity index (χ1) is 9.94. The lowest BCUT2D eigenvalue weighted by molar-refractivity contribution is 0.343. The summed E-state index contributed by atoms with van der Waals surface area (Å²) in [5.41, 5.74) is 0.778. The SMILES string of the molecule is CCOP(C)(=O)/C(C#N)=C/C=C/c1ccc(O)c(OC)c1. The highest BCUT2D eigenvalue weighted by Crippen LogP contribution is 2.50. The quantitative estimate of drug-likeness (QED) is 0.491. The molecule has 1 aromatic rings. The maximum atomic E-state index is 12.1. The van der Waals surface area contributed by atoms with E-state index >= 15 is 0 Å². The maximum absolute atomic E-state index is 12.1. The second kappa shape index (κ2) is 7.68. The van der Waals surface area contributed by atoms with Gasteiger partial charge in [0.25, 0.3) is 0 Å². The largest absolute Gasteiger partial charge is 0.504 e. The summed E-state index contributed by atoms with van der Waals surface area (Å²) >= 11 is 0. The van der Waals surface area contributed by atoms with Crippen LogP contribution in [0.25, 0.3) is 6.08 Å². The van der Waals surface area contributed by atoms with Crippen LogP contribution in [0.3, 0.4) is 0 Å². The number of hydrogen-bond acceptors (Lipinski definition) is 5. The predicted octanol–water partition coefficient (Wildman–Crippen LogP) is 3.77. The van der Waals surface area contributed by atoms with E-state index in [-0.39, 0.29) is 17.7 Å². The van der Waals surface area contributed by atoms with Crippen LogP contribution in [-0.4, -0.2) is 25.5 Å². The summed E-state index contributed by atoms with van der Waals surface area (Å²) in [6, 6.07) is 6.76. The van der Waals surface area contributed by atoms with E-state index in [1.54, 1.807) is 31.2 Å². The van der Waals surface area contributed by atoms with Gasteiger partial charge in [-0.05, 0) is 30.7 Å². The highest BCUT2D eigenvalue weighted by atomic mass is 31.2. The highest BCUT2D eigenvalue weighted by molar-refractivity contribution is 7.63. The Morgan fingerprint density at radius 1 is 1.52 bits per heavy atom. The van der Waals surface area contributed by atoms with Crippen LogP contribution >= 0.6 is 7.37 Å². The number of phenolic OH excluding ortho intramolecular Hbond substituents is 1. The number of phenols is 1. The number of nitriles is 1. The summed E-state index contributed by atoms with van der Waals surface area (Å²) in [5, 5.41) is 18.6. The van der Waals surface area contributed by atoms with Crippen LogP contribution in [0, 0.1) is 11.3 Å². The molecule has 0 saturated heterocycles. The van der Waals surface area contributed by atoms with E-state index in [0.29, 0.717) is 5.75 Å². The molecule has 0 aliphatic heterocycles. The van der Waals surface area contributed by atoms with Crippen LogP contribution in [0.15, 0.2) is 35.7 Å². The Hall–Kier alpha value is -2.02. The normalized spacial score (nSPS) is 14.7. The summed E-state index contributed by atoms with van der Waals surface area (Å²) in [6.07, 6.45) is 4.79. The molecule has 0 fully saturated rings. The van der Waals surface area contributed by atoms with Gasteiger partial charge in [0, 0.05) is 6.66 Å². The van der Waals surface area contributed by atoms with Gasteiger partial charge in [0.1, 0.15) is 11.4 Å². The molecular weight excluding hydrogens is 289 g/mol. The van der Waals surface area contributed by atoms with Crippen LogP contribution in [0.2, 0.25) is 0 Å². The second-order valence-electron chi connectivity index (χ2n) is 4.22. The minimum Gasteiger partial charge on any atom is -0.504 e. The van der Waals surface area contributed by atoms with Crippen molar-refractivity contribution in [1.29, 1.82) is 5.26 Å². The molecule has 0 saturated carbocycles. The number of methoxy groups -OCH3 is 1. The lowest BCUT2D eigenvalue weighted by Gasteiger charge is -2.10. The number of hydrogen-bond donors (Lipinski definition) is 1. The first kappa shape index (κ1) is 17.0. The van der Waals surface area contributed by atoms with E-state index in [0.717, 1.165) is 5.56 Å². The average molecular weight is 307 g/mol. The van der Waals surface area contributed by atoms with Crippen molar-refractivity contribution in [2.75, 3.05) is 20.4 Å². The number of nitrogens with zero attached hydrogens (tertiary/aromatic N) is 1. The molecule has 1 aromatic carbocycles. The molecule has 21 heavy (non-hydrogen) atoms. The zero-order valence-electron chi connectivity index (χ0n) is 12.2. The molecule has 1 atom stereocenters. The van der Waals surface area contributed by atoms with Gasteiger partial charge < -0.3 is 14.4 Å². The lowest BCUT2D eigenvalue weighted by Crippen LogP contribution is -1.90. The molecule has 0 radical (unpaired) electrons. The van der Waals surface area contributed by atoms with Gasteiger partial charge in [0.15, 0.2) is 11.5 Å². The summed E-state index contributed by atoms with van der Waals surface area (Å²) in [5.74, 6) is 0.412. The standard InChI is InChI=1S/C15H18NO4P/c1-4-20-21(3,18)13(11-16)7-5-6-12-8-9-14(17)15(10-12)19-2/h5-10,17H,4H2,1-3H3/b6-5+,13-7+. The molecular formula is C15H18NO4P. The van der Waals surface area contributed by atoms with Crippen LogP contribution in [0.4, 0.5) is 0 Å². The number of allylic oxidation sites excluding steroid dienone is 3. The maximum Gasteiger partial charge on any atom is 0.239 e. The summed E-state index contributed by atoms with van der Waals surface area (Å²) in [6.45, 7) is 3.43. The number of ether oxygens (including phenoxy) is 1. The molecule has 0 amide bonds. The fraction of sp³-hybridized carbons (Fsp3) is 0.267. The van der Waals surface area contributed by atoms with Gasteiger partial charge in [-0.25, -0.2) is 0 Å². The minimum absolute atomic E-state index is 0.0531. The Kier molecular flexibility index (Phi) is 6.23. The lowest BCUT2D eigenvalue weighted by atomic mass is 10.2. The van der Waals surface area contributed by atoms with E-state index in [2.05, 4.69) is 0 Å². The molecule has 1 N–H and O–H groups in total. The first-order valence-corrected chi connectivity index (χ1v) is 8.40. The topological polar surface area (TPSA) is 79.6 Å². The molecule has 6 heteroatoms. The predicted molar refractivity (Wildman–Crippen MR) is 82.5 cm³/mol. The number of aromatic hydroxyl groups is 1. The molecule has 0 bridgehead atoms. The molecule has 0 aliphatic rings. The Morgan fingerprint density at radius 2 is 2.24 bits per heavy atom. The monoisotopic (exact) mass is 307 g/mol. The van der Waals surface area contributed by atoms with Crippen LogP contribution in [-0.2, 0) is 9.09 Å². The van der Waals surface area contributed by atoms with Gasteiger partial charge in [-0.1, -0.05) is 18.2 Å². The van der Waals surface area contributed by atoms with Crippen molar-refractivity contribution < 1.29 is 18.9 Å². The van der Waals surface area contributed by atoms with Gasteiger partial charge in [-0.3, -0.25) is 4.57 Å². The Bertz CT molecular complexity index is 644. The Labute approximate surface area is 124 Å². The van der Waals surface area contributed by atoms with Crippen molar-refractivity contribution in [3.63, 3.8) is 0 Å². The molecule has 5 nitrogen and oxygen atoms in total. The fourth-order valence-corrected chi connectivity index (χ4v) is 2.80. The molecule has 1 unspecified atom stereocenters. The number of rotatable bonds is 6. The van der Waals surface area contributed by atoms with Gasteiger partial charge in [0.2, 0.25) is 7.37 Å². The molecule has 112 valence electrons. The van der Waals surface area contributed by atoms with Crippen LogP contribution < -0.4 is 4.74 Å². The molecule has 0 heterocycles.